The zero-order valence-corrected chi connectivity index (χ0v) is 12.1. The zero-order chi connectivity index (χ0) is 13.6. The van der Waals surface area contributed by atoms with Gasteiger partial charge in [0.05, 0.1) is 0 Å². The third-order valence-electron chi connectivity index (χ3n) is 3.27. The molecule has 0 spiro atoms. The highest BCUT2D eigenvalue weighted by atomic mass is 32.2. The maximum atomic E-state index is 5.79. The molecule has 0 atom stereocenters. The van der Waals surface area contributed by atoms with Crippen molar-refractivity contribution in [2.45, 2.75) is 23.0 Å². The Labute approximate surface area is 124 Å². The maximum absolute atomic E-state index is 5.79. The number of para-hydroxylation sites is 1. The van der Waals surface area contributed by atoms with Crippen molar-refractivity contribution in [1.29, 1.82) is 0 Å². The van der Waals surface area contributed by atoms with E-state index in [2.05, 4.69) is 12.1 Å². The largest absolute Gasteiger partial charge is 0.457 e. The second-order valence-corrected chi connectivity index (χ2v) is 6.19. The summed E-state index contributed by atoms with van der Waals surface area (Å²) in [5.74, 6) is 1.75. The molecule has 20 heavy (non-hydrogen) atoms. The molecule has 1 saturated heterocycles. The highest BCUT2D eigenvalue weighted by molar-refractivity contribution is 8.00. The molecule has 2 aromatic carbocycles. The fourth-order valence-electron chi connectivity index (χ4n) is 2.20. The van der Waals surface area contributed by atoms with E-state index in [1.165, 1.54) is 4.90 Å². The number of hydrogen-bond acceptors (Lipinski definition) is 3. The maximum Gasteiger partial charge on any atom is 0.127 e. The van der Waals surface area contributed by atoms with Crippen LogP contribution in [0.5, 0.6) is 11.5 Å². The number of benzene rings is 2. The minimum Gasteiger partial charge on any atom is -0.457 e. The first-order valence-corrected chi connectivity index (χ1v) is 7.85. The van der Waals surface area contributed by atoms with Crippen molar-refractivity contribution in [3.8, 4) is 11.5 Å². The topological polar surface area (TPSA) is 18.5 Å². The van der Waals surface area contributed by atoms with E-state index in [4.69, 9.17) is 9.47 Å². The lowest BCUT2D eigenvalue weighted by atomic mass is 10.2. The van der Waals surface area contributed by atoms with E-state index < -0.39 is 0 Å². The Balaban J connectivity index is 1.59. The van der Waals surface area contributed by atoms with Crippen molar-refractivity contribution >= 4 is 11.8 Å². The van der Waals surface area contributed by atoms with Gasteiger partial charge in [0.25, 0.3) is 0 Å². The average molecular weight is 286 g/mol. The van der Waals surface area contributed by atoms with Crippen molar-refractivity contribution in [3.63, 3.8) is 0 Å². The molecule has 3 rings (SSSR count). The summed E-state index contributed by atoms with van der Waals surface area (Å²) in [6.45, 7) is 1.79. The van der Waals surface area contributed by atoms with Gasteiger partial charge < -0.3 is 9.47 Å². The monoisotopic (exact) mass is 286 g/mol. The van der Waals surface area contributed by atoms with Crippen LogP contribution in [0.4, 0.5) is 0 Å². The molecular formula is C17H18O2S. The summed E-state index contributed by atoms with van der Waals surface area (Å²) in [7, 11) is 0. The molecule has 0 bridgehead atoms. The molecule has 1 aliphatic heterocycles. The van der Waals surface area contributed by atoms with Gasteiger partial charge in [0, 0.05) is 23.4 Å². The van der Waals surface area contributed by atoms with Crippen LogP contribution in [0.2, 0.25) is 0 Å². The molecule has 0 saturated carbocycles. The van der Waals surface area contributed by atoms with Crippen LogP contribution < -0.4 is 4.74 Å². The number of hydrogen-bond donors (Lipinski definition) is 0. The van der Waals surface area contributed by atoms with Crippen LogP contribution in [-0.2, 0) is 4.74 Å². The van der Waals surface area contributed by atoms with Crippen molar-refractivity contribution in [2.24, 2.45) is 0 Å². The molecule has 104 valence electrons. The first-order valence-electron chi connectivity index (χ1n) is 6.97. The lowest BCUT2D eigenvalue weighted by Crippen LogP contribution is -2.17. The Hall–Kier alpha value is -1.45. The Morgan fingerprint density at radius 2 is 1.50 bits per heavy atom. The fourth-order valence-corrected chi connectivity index (χ4v) is 3.30. The van der Waals surface area contributed by atoms with E-state index in [0.717, 1.165) is 37.6 Å². The van der Waals surface area contributed by atoms with Gasteiger partial charge in [-0.05, 0) is 49.2 Å². The van der Waals surface area contributed by atoms with Crippen LogP contribution in [-0.4, -0.2) is 18.5 Å². The molecule has 2 nitrogen and oxygen atoms in total. The third kappa shape index (κ3) is 3.78. The van der Waals surface area contributed by atoms with Gasteiger partial charge in [-0.15, -0.1) is 11.8 Å². The van der Waals surface area contributed by atoms with Crippen LogP contribution in [0.3, 0.4) is 0 Å². The van der Waals surface area contributed by atoms with Crippen LogP contribution >= 0.6 is 11.8 Å². The van der Waals surface area contributed by atoms with E-state index in [1.807, 2.05) is 54.2 Å². The van der Waals surface area contributed by atoms with Gasteiger partial charge in [0.2, 0.25) is 0 Å². The first kappa shape index (κ1) is 13.5. The summed E-state index contributed by atoms with van der Waals surface area (Å²) in [6, 6.07) is 18.2. The van der Waals surface area contributed by atoms with Crippen LogP contribution in [0.25, 0.3) is 0 Å². The Morgan fingerprint density at radius 3 is 2.20 bits per heavy atom. The predicted molar refractivity (Wildman–Crippen MR) is 82.7 cm³/mol. The molecule has 3 heteroatoms. The Morgan fingerprint density at radius 1 is 0.850 bits per heavy atom. The minimum absolute atomic E-state index is 0.685. The molecule has 0 aliphatic carbocycles. The smallest absolute Gasteiger partial charge is 0.127 e. The highest BCUT2D eigenvalue weighted by Gasteiger charge is 2.14. The van der Waals surface area contributed by atoms with Crippen LogP contribution in [0.1, 0.15) is 12.8 Å². The summed E-state index contributed by atoms with van der Waals surface area (Å²) in [5.41, 5.74) is 0. The summed E-state index contributed by atoms with van der Waals surface area (Å²) in [6.07, 6.45) is 2.29. The average Bonchev–Trinajstić information content (AvgIpc) is 2.51. The van der Waals surface area contributed by atoms with E-state index in [0.29, 0.717) is 5.25 Å². The molecular weight excluding hydrogens is 268 g/mol. The van der Waals surface area contributed by atoms with E-state index in [1.54, 1.807) is 0 Å². The second-order valence-electron chi connectivity index (χ2n) is 4.82. The first-order chi connectivity index (χ1) is 9.90. The lowest BCUT2D eigenvalue weighted by Gasteiger charge is -2.21. The number of ether oxygens (including phenoxy) is 2. The van der Waals surface area contributed by atoms with E-state index in [-0.39, 0.29) is 0 Å². The molecule has 0 radical (unpaired) electrons. The lowest BCUT2D eigenvalue weighted by molar-refractivity contribution is 0.100. The van der Waals surface area contributed by atoms with Gasteiger partial charge in [-0.3, -0.25) is 0 Å². The van der Waals surface area contributed by atoms with Gasteiger partial charge in [-0.1, -0.05) is 18.2 Å². The fraction of sp³-hybridized carbons (Fsp3) is 0.294. The Kier molecular flexibility index (Phi) is 4.61. The van der Waals surface area contributed by atoms with Crippen molar-refractivity contribution in [2.75, 3.05) is 13.2 Å². The quantitative estimate of drug-likeness (QED) is 0.808. The summed E-state index contributed by atoms with van der Waals surface area (Å²) in [4.78, 5) is 1.30. The Bertz CT molecular complexity index is 518. The molecule has 1 aliphatic rings. The molecule has 0 N–H and O–H groups in total. The highest BCUT2D eigenvalue weighted by Crippen LogP contribution is 2.31. The second kappa shape index (κ2) is 6.82. The number of rotatable bonds is 4. The van der Waals surface area contributed by atoms with Gasteiger partial charge in [-0.25, -0.2) is 0 Å². The van der Waals surface area contributed by atoms with Crippen LogP contribution in [0, 0.1) is 0 Å². The summed E-state index contributed by atoms with van der Waals surface area (Å²) < 4.78 is 11.2. The molecule has 2 aromatic rings. The van der Waals surface area contributed by atoms with E-state index >= 15 is 0 Å². The molecule has 1 heterocycles. The van der Waals surface area contributed by atoms with Gasteiger partial charge in [-0.2, -0.15) is 0 Å². The number of thioether (sulfide) groups is 1. The van der Waals surface area contributed by atoms with E-state index in [9.17, 15) is 0 Å². The minimum atomic E-state index is 0.685. The molecule has 0 aromatic heterocycles. The van der Waals surface area contributed by atoms with Gasteiger partial charge >= 0.3 is 0 Å². The predicted octanol–water partition coefficient (Wildman–Crippen LogP) is 4.75. The molecule has 0 amide bonds. The normalized spacial score (nSPS) is 16.0. The SMILES string of the molecule is c1ccc(Oc2ccc(SC3CCOCC3)cc2)cc1. The summed E-state index contributed by atoms with van der Waals surface area (Å²) >= 11 is 1.94. The molecule has 1 fully saturated rings. The van der Waals surface area contributed by atoms with Crippen LogP contribution in [0.15, 0.2) is 59.5 Å². The molecule has 0 unspecified atom stereocenters. The van der Waals surface area contributed by atoms with Gasteiger partial charge in [0.15, 0.2) is 0 Å². The third-order valence-corrected chi connectivity index (χ3v) is 4.62. The van der Waals surface area contributed by atoms with Crippen molar-refractivity contribution in [3.05, 3.63) is 54.6 Å². The van der Waals surface area contributed by atoms with Crippen molar-refractivity contribution < 1.29 is 9.47 Å². The van der Waals surface area contributed by atoms with Crippen molar-refractivity contribution in [1.82, 2.24) is 0 Å². The van der Waals surface area contributed by atoms with Gasteiger partial charge in [0.1, 0.15) is 11.5 Å². The standard InChI is InChI=1S/C17H18O2S/c1-2-4-14(5-3-1)19-15-6-8-16(9-7-15)20-17-10-12-18-13-11-17/h1-9,17H,10-13H2. The summed E-state index contributed by atoms with van der Waals surface area (Å²) in [5, 5.41) is 0.685. The zero-order valence-electron chi connectivity index (χ0n) is 11.3.